The Morgan fingerprint density at radius 2 is 2.07 bits per heavy atom. The number of aryl methyl sites for hydroxylation is 1. The lowest BCUT2D eigenvalue weighted by molar-refractivity contribution is 0.0379. The summed E-state index contributed by atoms with van der Waals surface area (Å²) in [7, 11) is 0. The fourth-order valence-electron chi connectivity index (χ4n) is 1.16. The monoisotopic (exact) mass is 271 g/mol. The van der Waals surface area contributed by atoms with E-state index in [1.54, 1.807) is 19.9 Å². The molecule has 3 nitrogen and oxygen atoms in total. The number of anilines is 1. The summed E-state index contributed by atoms with van der Waals surface area (Å²) < 4.78 is 5.82. The Morgan fingerprint density at radius 1 is 1.47 bits per heavy atom. The van der Waals surface area contributed by atoms with E-state index in [-0.39, 0.29) is 12.1 Å². The minimum Gasteiger partial charge on any atom is -0.459 e. The van der Waals surface area contributed by atoms with E-state index in [9.17, 15) is 4.79 Å². The standard InChI is InChI=1S/C11H14BrNO2/c1-6(2)15-11(14)8-5-4-7(3)9(12)10(8)13/h4-6H,13H2,1-3H3. The van der Waals surface area contributed by atoms with Crippen LogP contribution in [0.3, 0.4) is 0 Å². The molecule has 0 heterocycles. The SMILES string of the molecule is Cc1ccc(C(=O)OC(C)C)c(N)c1Br. The van der Waals surface area contributed by atoms with Gasteiger partial charge in [0.05, 0.1) is 17.4 Å². The highest BCUT2D eigenvalue weighted by atomic mass is 79.9. The van der Waals surface area contributed by atoms with Gasteiger partial charge in [0.2, 0.25) is 0 Å². The van der Waals surface area contributed by atoms with Crippen LogP contribution in [0.2, 0.25) is 0 Å². The summed E-state index contributed by atoms with van der Waals surface area (Å²) in [5, 5.41) is 0. The van der Waals surface area contributed by atoms with Gasteiger partial charge in [-0.2, -0.15) is 0 Å². The highest BCUT2D eigenvalue weighted by Gasteiger charge is 2.15. The van der Waals surface area contributed by atoms with Gasteiger partial charge in [-0.1, -0.05) is 6.07 Å². The van der Waals surface area contributed by atoms with Crippen molar-refractivity contribution in [2.24, 2.45) is 0 Å². The van der Waals surface area contributed by atoms with Gasteiger partial charge in [0.1, 0.15) is 0 Å². The van der Waals surface area contributed by atoms with Crippen LogP contribution in [0.15, 0.2) is 16.6 Å². The van der Waals surface area contributed by atoms with E-state index >= 15 is 0 Å². The van der Waals surface area contributed by atoms with Gasteiger partial charge in [-0.3, -0.25) is 0 Å². The van der Waals surface area contributed by atoms with Gasteiger partial charge >= 0.3 is 5.97 Å². The van der Waals surface area contributed by atoms with Crippen molar-refractivity contribution < 1.29 is 9.53 Å². The molecule has 0 aromatic heterocycles. The number of nitrogen functional groups attached to an aromatic ring is 1. The van der Waals surface area contributed by atoms with Gasteiger partial charge < -0.3 is 10.5 Å². The molecule has 0 atom stereocenters. The Bertz CT molecular complexity index is 388. The van der Waals surface area contributed by atoms with Crippen LogP contribution in [0.4, 0.5) is 5.69 Å². The van der Waals surface area contributed by atoms with Gasteiger partial charge in [0.25, 0.3) is 0 Å². The zero-order chi connectivity index (χ0) is 11.6. The molecule has 0 spiro atoms. The molecule has 0 aliphatic carbocycles. The Kier molecular flexibility index (Phi) is 3.74. The molecule has 2 N–H and O–H groups in total. The molecular weight excluding hydrogens is 258 g/mol. The molecule has 0 fully saturated rings. The Balaban J connectivity index is 3.06. The van der Waals surface area contributed by atoms with Gasteiger partial charge in [-0.15, -0.1) is 0 Å². The van der Waals surface area contributed by atoms with Crippen molar-refractivity contribution in [1.29, 1.82) is 0 Å². The Labute approximate surface area is 97.7 Å². The number of rotatable bonds is 2. The predicted octanol–water partition coefficient (Wildman–Crippen LogP) is 2.90. The smallest absolute Gasteiger partial charge is 0.340 e. The summed E-state index contributed by atoms with van der Waals surface area (Å²) in [6.45, 7) is 5.52. The first-order chi connectivity index (χ1) is 6.93. The number of carbonyl (C=O) groups excluding carboxylic acids is 1. The fraction of sp³-hybridized carbons (Fsp3) is 0.364. The Morgan fingerprint density at radius 3 is 2.60 bits per heavy atom. The van der Waals surface area contributed by atoms with Crippen LogP contribution < -0.4 is 5.73 Å². The normalized spacial score (nSPS) is 10.5. The first-order valence-electron chi connectivity index (χ1n) is 4.69. The van der Waals surface area contributed by atoms with Crippen LogP contribution in [0.25, 0.3) is 0 Å². The number of carbonyl (C=O) groups is 1. The molecule has 0 aliphatic rings. The van der Waals surface area contributed by atoms with E-state index in [4.69, 9.17) is 10.5 Å². The summed E-state index contributed by atoms with van der Waals surface area (Å²) in [4.78, 5) is 11.6. The van der Waals surface area contributed by atoms with Gasteiger partial charge in [-0.25, -0.2) is 4.79 Å². The number of halogens is 1. The number of hydrogen-bond acceptors (Lipinski definition) is 3. The van der Waals surface area contributed by atoms with E-state index < -0.39 is 0 Å². The van der Waals surface area contributed by atoms with Crippen molar-refractivity contribution in [3.05, 3.63) is 27.7 Å². The quantitative estimate of drug-likeness (QED) is 0.665. The average molecular weight is 272 g/mol. The van der Waals surface area contributed by atoms with Crippen LogP contribution in [-0.4, -0.2) is 12.1 Å². The molecule has 0 unspecified atom stereocenters. The summed E-state index contributed by atoms with van der Waals surface area (Å²) in [5.41, 5.74) is 7.64. The zero-order valence-corrected chi connectivity index (χ0v) is 10.6. The summed E-state index contributed by atoms with van der Waals surface area (Å²) in [6.07, 6.45) is -0.142. The third-order valence-electron chi connectivity index (χ3n) is 1.94. The summed E-state index contributed by atoms with van der Waals surface area (Å²) in [5.74, 6) is -0.386. The van der Waals surface area contributed by atoms with Crippen molar-refractivity contribution in [2.75, 3.05) is 5.73 Å². The van der Waals surface area contributed by atoms with Crippen LogP contribution in [0.1, 0.15) is 29.8 Å². The molecule has 0 saturated carbocycles. The number of nitrogens with two attached hydrogens (primary N) is 1. The maximum Gasteiger partial charge on any atom is 0.340 e. The second-order valence-corrected chi connectivity index (χ2v) is 4.40. The third kappa shape index (κ3) is 2.72. The average Bonchev–Trinajstić information content (AvgIpc) is 2.13. The molecule has 1 aromatic carbocycles. The second kappa shape index (κ2) is 4.66. The molecule has 1 aromatic rings. The van der Waals surface area contributed by atoms with Crippen molar-refractivity contribution in [3.8, 4) is 0 Å². The van der Waals surface area contributed by atoms with Crippen molar-refractivity contribution in [1.82, 2.24) is 0 Å². The predicted molar refractivity (Wildman–Crippen MR) is 63.8 cm³/mol. The largest absolute Gasteiger partial charge is 0.459 e. The summed E-state index contributed by atoms with van der Waals surface area (Å²) in [6, 6.07) is 3.51. The lowest BCUT2D eigenvalue weighted by Gasteiger charge is -2.11. The lowest BCUT2D eigenvalue weighted by atomic mass is 10.1. The molecule has 0 aliphatic heterocycles. The zero-order valence-electron chi connectivity index (χ0n) is 9.00. The summed E-state index contributed by atoms with van der Waals surface area (Å²) >= 11 is 3.33. The van der Waals surface area contributed by atoms with Crippen molar-refractivity contribution >= 4 is 27.6 Å². The van der Waals surface area contributed by atoms with E-state index in [2.05, 4.69) is 15.9 Å². The highest BCUT2D eigenvalue weighted by molar-refractivity contribution is 9.10. The van der Waals surface area contributed by atoms with Gasteiger partial charge in [0.15, 0.2) is 0 Å². The maximum absolute atomic E-state index is 11.6. The second-order valence-electron chi connectivity index (χ2n) is 3.61. The first-order valence-corrected chi connectivity index (χ1v) is 5.48. The highest BCUT2D eigenvalue weighted by Crippen LogP contribution is 2.27. The number of benzene rings is 1. The van der Waals surface area contributed by atoms with Crippen molar-refractivity contribution in [3.63, 3.8) is 0 Å². The van der Waals surface area contributed by atoms with Gasteiger partial charge in [-0.05, 0) is 48.3 Å². The third-order valence-corrected chi connectivity index (χ3v) is 2.99. The van der Waals surface area contributed by atoms with E-state index in [0.29, 0.717) is 11.3 Å². The maximum atomic E-state index is 11.6. The van der Waals surface area contributed by atoms with E-state index in [1.807, 2.05) is 13.0 Å². The molecule has 0 saturated heterocycles. The topological polar surface area (TPSA) is 52.3 Å². The molecule has 0 amide bonds. The lowest BCUT2D eigenvalue weighted by Crippen LogP contribution is -2.13. The first kappa shape index (κ1) is 12.0. The number of esters is 1. The number of hydrogen-bond donors (Lipinski definition) is 1. The molecule has 0 bridgehead atoms. The van der Waals surface area contributed by atoms with Crippen molar-refractivity contribution in [2.45, 2.75) is 26.9 Å². The molecule has 4 heteroatoms. The van der Waals surface area contributed by atoms with Crippen LogP contribution in [-0.2, 0) is 4.74 Å². The van der Waals surface area contributed by atoms with Crippen LogP contribution in [0.5, 0.6) is 0 Å². The minimum atomic E-state index is -0.386. The number of ether oxygens (including phenoxy) is 1. The molecule has 15 heavy (non-hydrogen) atoms. The minimum absolute atomic E-state index is 0.142. The van der Waals surface area contributed by atoms with Crippen LogP contribution in [0, 0.1) is 6.92 Å². The van der Waals surface area contributed by atoms with E-state index in [0.717, 1.165) is 10.0 Å². The van der Waals surface area contributed by atoms with Gasteiger partial charge in [0, 0.05) is 4.47 Å². The van der Waals surface area contributed by atoms with Crippen LogP contribution >= 0.6 is 15.9 Å². The fourth-order valence-corrected chi connectivity index (χ4v) is 1.50. The molecular formula is C11H14BrNO2. The Hall–Kier alpha value is -1.03. The molecule has 82 valence electrons. The molecule has 1 rings (SSSR count). The van der Waals surface area contributed by atoms with E-state index in [1.165, 1.54) is 0 Å². The molecule has 0 radical (unpaired) electrons.